The maximum Gasteiger partial charge on any atom is 0.181 e. The van der Waals surface area contributed by atoms with Gasteiger partial charge in [-0.3, -0.25) is 9.59 Å². The third-order valence-corrected chi connectivity index (χ3v) is 12.8. The molecule has 0 N–H and O–H groups in total. The Bertz CT molecular complexity index is 1640. The first-order valence-corrected chi connectivity index (χ1v) is 18.3. The van der Waals surface area contributed by atoms with Gasteiger partial charge < -0.3 is 9.47 Å². The first kappa shape index (κ1) is 34.3. The molecule has 5 aromatic rings. The Morgan fingerprint density at radius 3 is 1.26 bits per heavy atom. The monoisotopic (exact) mass is 866 g/mol. The minimum Gasteiger partial charge on any atom is -0.488 e. The summed E-state index contributed by atoms with van der Waals surface area (Å²) in [5, 5.41) is 0. The molecule has 0 saturated carbocycles. The molecule has 0 radical (unpaired) electrons. The van der Waals surface area contributed by atoms with Crippen LogP contribution in [0.3, 0.4) is 0 Å². The summed E-state index contributed by atoms with van der Waals surface area (Å²) in [7, 11) is 0. The molecule has 0 fully saturated rings. The average Bonchev–Trinajstić information content (AvgIpc) is 3.12. The van der Waals surface area contributed by atoms with Crippen LogP contribution < -0.4 is 9.47 Å². The Kier molecular flexibility index (Phi) is 12.4. The molecule has 4 nitrogen and oxygen atoms in total. The zero-order chi connectivity index (χ0) is 32.5. The van der Waals surface area contributed by atoms with Crippen LogP contribution in [-0.4, -0.2) is 21.2 Å². The number of benzene rings is 5. The molecule has 4 atom stereocenters. The van der Waals surface area contributed by atoms with E-state index in [4.69, 9.17) is 9.47 Å². The Morgan fingerprint density at radius 2 is 0.848 bits per heavy atom. The molecule has 0 aliphatic rings. The summed E-state index contributed by atoms with van der Waals surface area (Å²) in [4.78, 5) is 25.6. The average molecular weight is 870 g/mol. The lowest BCUT2D eigenvalue weighted by Gasteiger charge is -2.21. The number of halogens is 4. The largest absolute Gasteiger partial charge is 0.488 e. The normalized spacial score (nSPS) is 13.7. The highest BCUT2D eigenvalue weighted by Gasteiger charge is 2.31. The van der Waals surface area contributed by atoms with Gasteiger partial charge in [-0.15, -0.1) is 0 Å². The van der Waals surface area contributed by atoms with Crippen LogP contribution in [0.15, 0.2) is 133 Å². The van der Waals surface area contributed by atoms with Crippen LogP contribution in [0.25, 0.3) is 0 Å². The van der Waals surface area contributed by atoms with E-state index < -0.39 is 9.65 Å². The highest BCUT2D eigenvalue weighted by Crippen LogP contribution is 2.39. The van der Waals surface area contributed by atoms with Crippen LogP contribution in [-0.2, 0) is 13.2 Å². The van der Waals surface area contributed by atoms with Gasteiger partial charge in [0.05, 0.1) is 30.4 Å². The summed E-state index contributed by atoms with van der Waals surface area (Å²) in [6, 6.07) is 42.1. The van der Waals surface area contributed by atoms with Crippen LogP contribution in [0.5, 0.6) is 11.5 Å². The van der Waals surface area contributed by atoms with Crippen LogP contribution in [0.4, 0.5) is 0 Å². The summed E-state index contributed by atoms with van der Waals surface area (Å²) in [5.41, 5.74) is 4.81. The predicted octanol–water partition coefficient (Wildman–Crippen LogP) is 11.0. The smallest absolute Gasteiger partial charge is 0.181 e. The number of rotatable bonds is 14. The molecular weight excluding hydrogens is 840 g/mol. The molecule has 0 bridgehead atoms. The summed E-state index contributed by atoms with van der Waals surface area (Å²) in [6.07, 6.45) is 0. The predicted molar refractivity (Wildman–Crippen MR) is 198 cm³/mol. The highest BCUT2D eigenvalue weighted by molar-refractivity contribution is 9.12. The fourth-order valence-corrected chi connectivity index (χ4v) is 7.02. The van der Waals surface area contributed by atoms with Gasteiger partial charge in [-0.1, -0.05) is 173 Å². The number of Topliss-reactive ketones (excluding diaryl/α,β-unsaturated/α-hetero) is 2. The fourth-order valence-electron chi connectivity index (χ4n) is 4.87. The van der Waals surface area contributed by atoms with Crippen LogP contribution in [0.2, 0.25) is 0 Å². The van der Waals surface area contributed by atoms with Crippen molar-refractivity contribution < 1.29 is 19.1 Å². The van der Waals surface area contributed by atoms with Gasteiger partial charge in [-0.25, -0.2) is 0 Å². The van der Waals surface area contributed by atoms with Crippen molar-refractivity contribution in [2.45, 2.75) is 32.5 Å². The Labute approximate surface area is 303 Å². The van der Waals surface area contributed by atoms with Gasteiger partial charge in [0.25, 0.3) is 0 Å². The van der Waals surface area contributed by atoms with E-state index in [-0.39, 0.29) is 21.2 Å². The fraction of sp³-hybridized carbons (Fsp3) is 0.158. The standard InChI is InChI=1S/C38H30Br4O4/c39-33(35(41)37(43)29-18-7-9-20-31(29)45-23-25-12-3-1-4-13-25)27-16-11-17-28(22-27)34(40)36(42)38(44)30-19-8-10-21-32(30)46-24-26-14-5-2-6-15-26/h1-22,33-36H,23-24H2. The molecule has 0 aliphatic carbocycles. The number of ether oxygens (including phenoxy) is 2. The Balaban J connectivity index is 1.28. The van der Waals surface area contributed by atoms with E-state index in [2.05, 4.69) is 63.7 Å². The summed E-state index contributed by atoms with van der Waals surface area (Å²) >= 11 is 14.8. The summed E-state index contributed by atoms with van der Waals surface area (Å²) < 4.78 is 12.1. The van der Waals surface area contributed by atoms with E-state index in [0.29, 0.717) is 35.8 Å². The van der Waals surface area contributed by atoms with E-state index in [9.17, 15) is 9.59 Å². The summed E-state index contributed by atoms with van der Waals surface area (Å²) in [6.45, 7) is 0.723. The molecule has 5 rings (SSSR count). The Hall–Kier alpha value is -3.04. The zero-order valence-electron chi connectivity index (χ0n) is 24.6. The van der Waals surface area contributed by atoms with Crippen LogP contribution in [0.1, 0.15) is 52.6 Å². The van der Waals surface area contributed by atoms with Crippen molar-refractivity contribution in [3.63, 3.8) is 0 Å². The molecule has 0 aliphatic heterocycles. The molecule has 5 aromatic carbocycles. The second kappa shape index (κ2) is 16.7. The van der Waals surface area contributed by atoms with Crippen molar-refractivity contribution in [2.24, 2.45) is 0 Å². The molecule has 0 spiro atoms. The van der Waals surface area contributed by atoms with E-state index >= 15 is 0 Å². The number of alkyl halides is 4. The molecular formula is C38H30Br4O4. The minimum atomic E-state index is -0.576. The van der Waals surface area contributed by atoms with Crippen molar-refractivity contribution in [3.05, 3.63) is 167 Å². The maximum atomic E-state index is 13.7. The van der Waals surface area contributed by atoms with Crippen molar-refractivity contribution in [1.29, 1.82) is 0 Å². The molecule has 0 amide bonds. The van der Waals surface area contributed by atoms with Crippen LogP contribution in [0, 0.1) is 0 Å². The first-order chi connectivity index (χ1) is 22.3. The molecule has 8 heteroatoms. The van der Waals surface area contributed by atoms with Gasteiger partial charge in [0, 0.05) is 0 Å². The van der Waals surface area contributed by atoms with Gasteiger partial charge in [0.1, 0.15) is 24.7 Å². The van der Waals surface area contributed by atoms with Gasteiger partial charge in [-0.05, 0) is 46.5 Å². The maximum absolute atomic E-state index is 13.7. The van der Waals surface area contributed by atoms with Crippen molar-refractivity contribution in [1.82, 2.24) is 0 Å². The lowest BCUT2D eigenvalue weighted by molar-refractivity contribution is 0.0978. The summed E-state index contributed by atoms with van der Waals surface area (Å²) in [5.74, 6) is 0.853. The minimum absolute atomic E-state index is 0.105. The van der Waals surface area contributed by atoms with E-state index in [1.165, 1.54) is 0 Å². The molecule has 0 heterocycles. The lowest BCUT2D eigenvalue weighted by Crippen LogP contribution is -2.21. The van der Waals surface area contributed by atoms with Crippen molar-refractivity contribution in [3.8, 4) is 11.5 Å². The molecule has 46 heavy (non-hydrogen) atoms. The number of carbonyl (C=O) groups is 2. The van der Waals surface area contributed by atoms with Crippen molar-refractivity contribution in [2.75, 3.05) is 0 Å². The molecule has 0 aromatic heterocycles. The third kappa shape index (κ3) is 8.65. The third-order valence-electron chi connectivity index (χ3n) is 7.34. The number of para-hydroxylation sites is 2. The van der Waals surface area contributed by atoms with E-state index in [1.807, 2.05) is 121 Å². The van der Waals surface area contributed by atoms with E-state index in [1.54, 1.807) is 12.1 Å². The lowest BCUT2D eigenvalue weighted by atomic mass is 9.97. The molecule has 4 unspecified atom stereocenters. The number of ketones is 2. The number of hydrogen-bond donors (Lipinski definition) is 0. The van der Waals surface area contributed by atoms with Crippen molar-refractivity contribution >= 4 is 75.3 Å². The first-order valence-electron chi connectivity index (χ1n) is 14.6. The van der Waals surface area contributed by atoms with Crippen LogP contribution >= 0.6 is 63.7 Å². The highest BCUT2D eigenvalue weighted by atomic mass is 79.9. The second-order valence-electron chi connectivity index (χ2n) is 10.5. The topological polar surface area (TPSA) is 52.6 Å². The van der Waals surface area contributed by atoms with Gasteiger partial charge in [0.15, 0.2) is 11.6 Å². The number of hydrogen-bond acceptors (Lipinski definition) is 4. The van der Waals surface area contributed by atoms with E-state index in [0.717, 1.165) is 22.3 Å². The number of carbonyl (C=O) groups excluding carboxylic acids is 2. The Morgan fingerprint density at radius 1 is 0.478 bits per heavy atom. The van der Waals surface area contributed by atoms with Gasteiger partial charge >= 0.3 is 0 Å². The molecule has 0 saturated heterocycles. The van der Waals surface area contributed by atoms with Gasteiger partial charge in [-0.2, -0.15) is 0 Å². The molecule has 234 valence electrons. The zero-order valence-corrected chi connectivity index (χ0v) is 30.9. The second-order valence-corrected chi connectivity index (χ2v) is 14.5. The quantitative estimate of drug-likeness (QED) is 0.0824. The van der Waals surface area contributed by atoms with Gasteiger partial charge in [0.2, 0.25) is 0 Å². The SMILES string of the molecule is O=C(c1ccccc1OCc1ccccc1)C(Br)C(Br)c1cccc(C(Br)C(Br)C(=O)c2ccccc2OCc2ccccc2)c1.